The Bertz CT molecular complexity index is 1490. The first-order chi connectivity index (χ1) is 20.1. The number of ether oxygens (including phenoxy) is 2. The van der Waals surface area contributed by atoms with Gasteiger partial charge in [0.1, 0.15) is 5.75 Å². The summed E-state index contributed by atoms with van der Waals surface area (Å²) < 4.78 is 29.1. The number of anilines is 1. The summed E-state index contributed by atoms with van der Waals surface area (Å²) in [7, 11) is -1.09. The van der Waals surface area contributed by atoms with Crippen molar-refractivity contribution in [1.82, 2.24) is 4.72 Å². The highest BCUT2D eigenvalue weighted by molar-refractivity contribution is 7.99. The first-order valence-corrected chi connectivity index (χ1v) is 17.5. The molecule has 2 heterocycles. The smallest absolute Gasteiger partial charge is 0.262 e. The van der Waals surface area contributed by atoms with E-state index in [-0.39, 0.29) is 28.6 Å². The molecule has 2 aromatic rings. The quantitative estimate of drug-likeness (QED) is 0.308. The molecule has 1 amide bonds. The van der Waals surface area contributed by atoms with Crippen LogP contribution in [0.25, 0.3) is 0 Å². The van der Waals surface area contributed by atoms with Crippen molar-refractivity contribution in [1.29, 1.82) is 0 Å². The van der Waals surface area contributed by atoms with E-state index in [1.165, 1.54) is 11.1 Å². The number of rotatable bonds is 1. The number of methoxy groups -OCH3 is 1. The van der Waals surface area contributed by atoms with Crippen molar-refractivity contribution in [2.45, 2.75) is 69.1 Å². The Balaban J connectivity index is 1.43. The highest BCUT2D eigenvalue weighted by atomic mass is 35.5. The average Bonchev–Trinajstić information content (AvgIpc) is 3.10. The van der Waals surface area contributed by atoms with E-state index in [1.54, 1.807) is 13.2 Å². The second-order valence-electron chi connectivity index (χ2n) is 13.0. The predicted octanol–water partition coefficient (Wildman–Crippen LogP) is 6.20. The van der Waals surface area contributed by atoms with E-state index in [0.29, 0.717) is 24.0 Å². The van der Waals surface area contributed by atoms with Crippen molar-refractivity contribution in [3.05, 3.63) is 70.3 Å². The first kappa shape index (κ1) is 29.6. The van der Waals surface area contributed by atoms with Crippen LogP contribution in [0, 0.1) is 17.8 Å². The molecule has 0 radical (unpaired) electrons. The van der Waals surface area contributed by atoms with Crippen molar-refractivity contribution in [3.8, 4) is 5.75 Å². The van der Waals surface area contributed by atoms with E-state index in [4.69, 9.17) is 21.1 Å². The van der Waals surface area contributed by atoms with Gasteiger partial charge in [-0.3, -0.25) is 9.52 Å². The molecule has 2 aromatic carbocycles. The van der Waals surface area contributed by atoms with Crippen LogP contribution in [0.15, 0.2) is 48.6 Å². The number of nitrogens with zero attached hydrogens (tertiary/aromatic N) is 1. The minimum Gasteiger partial charge on any atom is -0.490 e. The molecule has 2 aliphatic carbocycles. The molecule has 0 aromatic heterocycles. The fourth-order valence-electron chi connectivity index (χ4n) is 7.49. The molecule has 6 nitrogen and oxygen atoms in total. The van der Waals surface area contributed by atoms with Crippen LogP contribution in [-0.4, -0.2) is 54.1 Å². The summed E-state index contributed by atoms with van der Waals surface area (Å²) in [6, 6.07) is 11.9. The molecule has 8 heteroatoms. The van der Waals surface area contributed by atoms with Crippen molar-refractivity contribution < 1.29 is 18.5 Å². The SMILES string of the molecule is C=S1(=O)NC(=O)c2ccc3c(c2)N(C[C@@H]2CC[C@H]2[C@@H](OC)/C=C/C[C@H](C)[C@H]1C)CC1(CCCc2cc(Cl)ccc21)CO3. The number of carbonyl (C=O) groups excluding carboxylic acids is 1. The summed E-state index contributed by atoms with van der Waals surface area (Å²) in [6.07, 6.45) is 10.5. The van der Waals surface area contributed by atoms with Crippen molar-refractivity contribution in [2.75, 3.05) is 31.7 Å². The van der Waals surface area contributed by atoms with E-state index in [9.17, 15) is 9.00 Å². The van der Waals surface area contributed by atoms with Crippen LogP contribution in [0.1, 0.15) is 67.4 Å². The van der Waals surface area contributed by atoms with Gasteiger partial charge in [-0.25, -0.2) is 4.21 Å². The molecule has 4 aliphatic rings. The Morgan fingerprint density at radius 3 is 2.79 bits per heavy atom. The van der Waals surface area contributed by atoms with Crippen molar-refractivity contribution in [3.63, 3.8) is 0 Å². The van der Waals surface area contributed by atoms with Crippen LogP contribution in [0.3, 0.4) is 0 Å². The lowest BCUT2D eigenvalue weighted by Gasteiger charge is -2.46. The number of hydrogen-bond acceptors (Lipinski definition) is 5. The van der Waals surface area contributed by atoms with Crippen molar-refractivity contribution >= 4 is 38.8 Å². The van der Waals surface area contributed by atoms with E-state index in [1.807, 2.05) is 25.1 Å². The average molecular weight is 611 g/mol. The van der Waals surface area contributed by atoms with E-state index >= 15 is 0 Å². The molecular weight excluding hydrogens is 568 g/mol. The molecule has 7 atom stereocenters. The summed E-state index contributed by atoms with van der Waals surface area (Å²) >= 11 is 6.42. The number of halogens is 1. The van der Waals surface area contributed by atoms with Crippen LogP contribution in [0.5, 0.6) is 5.75 Å². The third-order valence-corrected chi connectivity index (χ3v) is 12.9. The third-order valence-electron chi connectivity index (χ3n) is 10.4. The molecule has 2 bridgehead atoms. The van der Waals surface area contributed by atoms with E-state index in [2.05, 4.69) is 46.7 Å². The lowest BCUT2D eigenvalue weighted by Crippen LogP contribution is -2.49. The van der Waals surface area contributed by atoms with Crippen molar-refractivity contribution in [2.24, 2.45) is 17.8 Å². The van der Waals surface area contributed by atoms with Gasteiger partial charge in [-0.15, -0.1) is 0 Å². The van der Waals surface area contributed by atoms with Crippen LogP contribution in [0.2, 0.25) is 5.02 Å². The molecule has 42 heavy (non-hydrogen) atoms. The van der Waals surface area contributed by atoms with E-state index < -0.39 is 9.71 Å². The Morgan fingerprint density at radius 1 is 1.19 bits per heavy atom. The summed E-state index contributed by atoms with van der Waals surface area (Å²) in [5.41, 5.74) is 3.82. The highest BCUT2D eigenvalue weighted by Crippen LogP contribution is 2.47. The van der Waals surface area contributed by atoms with Crippen LogP contribution < -0.4 is 14.4 Å². The lowest BCUT2D eigenvalue weighted by molar-refractivity contribution is 0.0131. The largest absolute Gasteiger partial charge is 0.490 e. The number of hydrogen-bond donors (Lipinski definition) is 1. The van der Waals surface area contributed by atoms with Crippen LogP contribution in [0.4, 0.5) is 5.69 Å². The monoisotopic (exact) mass is 610 g/mol. The maximum Gasteiger partial charge on any atom is 0.262 e. The Morgan fingerprint density at radius 2 is 2.02 bits per heavy atom. The number of allylic oxidation sites excluding steroid dienone is 1. The molecule has 0 saturated heterocycles. The second kappa shape index (κ2) is 11.5. The maximum atomic E-state index is 13.7. The summed E-state index contributed by atoms with van der Waals surface area (Å²) in [4.78, 5) is 16.0. The second-order valence-corrected chi connectivity index (χ2v) is 15.8. The fraction of sp³-hybridized carbons (Fsp3) is 0.529. The minimum absolute atomic E-state index is 0.0310. The molecule has 1 saturated carbocycles. The van der Waals surface area contributed by atoms with Crippen LogP contribution >= 0.6 is 11.6 Å². The maximum absolute atomic E-state index is 13.7. The van der Waals surface area contributed by atoms with Gasteiger partial charge < -0.3 is 14.4 Å². The summed E-state index contributed by atoms with van der Waals surface area (Å²) in [5.74, 6) is 5.34. The number of amides is 1. The lowest BCUT2D eigenvalue weighted by atomic mass is 9.68. The molecule has 1 fully saturated rings. The van der Waals surface area contributed by atoms with Gasteiger partial charge in [-0.1, -0.05) is 36.7 Å². The number of nitrogens with one attached hydrogen (secondary N) is 1. The molecule has 6 rings (SSSR count). The zero-order chi connectivity index (χ0) is 29.6. The van der Waals surface area contributed by atoms with Gasteiger partial charge in [0.2, 0.25) is 0 Å². The van der Waals surface area contributed by atoms with Gasteiger partial charge >= 0.3 is 0 Å². The zero-order valence-corrected chi connectivity index (χ0v) is 26.5. The van der Waals surface area contributed by atoms with Gasteiger partial charge in [-0.05, 0) is 111 Å². The topological polar surface area (TPSA) is 67.9 Å². The Hall–Kier alpha value is -2.48. The normalized spacial score (nSPS) is 35.6. The molecule has 226 valence electrons. The Kier molecular flexibility index (Phi) is 8.14. The van der Waals surface area contributed by atoms with Gasteiger partial charge in [0.25, 0.3) is 5.91 Å². The van der Waals surface area contributed by atoms with Crippen LogP contribution in [-0.2, 0) is 26.3 Å². The molecule has 2 unspecified atom stereocenters. The third kappa shape index (κ3) is 5.48. The van der Waals surface area contributed by atoms with Gasteiger partial charge in [0.05, 0.1) is 28.1 Å². The number of fused-ring (bicyclic) bond motifs is 4. The summed E-state index contributed by atoms with van der Waals surface area (Å²) in [6.45, 7) is 6.18. The molecular formula is C34H43ClN2O4S. The Labute approximate surface area is 255 Å². The van der Waals surface area contributed by atoms with Gasteiger partial charge in [0, 0.05) is 41.5 Å². The molecule has 2 aliphatic heterocycles. The van der Waals surface area contributed by atoms with Gasteiger partial charge in [-0.2, -0.15) is 0 Å². The van der Waals surface area contributed by atoms with E-state index in [0.717, 1.165) is 68.1 Å². The zero-order valence-electron chi connectivity index (χ0n) is 24.9. The first-order valence-electron chi connectivity index (χ1n) is 15.3. The molecule has 1 N–H and O–H groups in total. The predicted molar refractivity (Wildman–Crippen MR) is 172 cm³/mol. The standard InChI is InChI=1S/C34H43ClN2O4S/c1-22-7-5-9-31(40-3)28-13-10-26(28)19-37-20-34(16-6-8-24-17-27(35)12-14-29(24)34)21-41-32-15-11-25(18-30(32)37)33(38)36-42(4,39)23(22)2/h5,9,11-12,14-15,17-18,22-23,26,28,31H,4,6-8,10,13,16,19-21H2,1-3H3,(H,36,38,39)/b9-5+/t22-,23+,26-,28+,31-,34?,42?/m0/s1. The summed E-state index contributed by atoms with van der Waals surface area (Å²) in [5, 5.41) is 0.475. The number of benzene rings is 2. The fourth-order valence-corrected chi connectivity index (χ4v) is 9.17. The van der Waals surface area contributed by atoms with Gasteiger partial charge in [0.15, 0.2) is 0 Å². The number of aryl methyl sites for hydroxylation is 1. The minimum atomic E-state index is -2.88. The molecule has 1 spiro atoms. The number of carbonyl (C=O) groups is 1. The highest BCUT2D eigenvalue weighted by Gasteiger charge is 2.44.